The number of nitrogens with zero attached hydrogens (tertiary/aromatic N) is 2. The van der Waals surface area contributed by atoms with Gasteiger partial charge in [-0.2, -0.15) is 0 Å². The molecule has 0 bridgehead atoms. The van der Waals surface area contributed by atoms with E-state index in [0.29, 0.717) is 22.5 Å². The van der Waals surface area contributed by atoms with E-state index >= 15 is 0 Å². The van der Waals surface area contributed by atoms with Crippen molar-refractivity contribution in [2.75, 3.05) is 0 Å². The lowest BCUT2D eigenvalue weighted by Crippen LogP contribution is -2.22. The van der Waals surface area contributed by atoms with Crippen molar-refractivity contribution < 1.29 is 9.21 Å². The van der Waals surface area contributed by atoms with Crippen LogP contribution in [0.25, 0.3) is 33.4 Å². The number of aromatic nitrogens is 2. The first-order chi connectivity index (χ1) is 14.7. The molecule has 2 heterocycles. The van der Waals surface area contributed by atoms with Crippen LogP contribution in [0.5, 0.6) is 0 Å². The van der Waals surface area contributed by atoms with Gasteiger partial charge in [-0.05, 0) is 48.5 Å². The maximum absolute atomic E-state index is 12.4. The summed E-state index contributed by atoms with van der Waals surface area (Å²) in [4.78, 5) is 20.4. The Morgan fingerprint density at radius 1 is 1.00 bits per heavy atom. The number of para-hydroxylation sites is 2. The van der Waals surface area contributed by atoms with E-state index in [1.54, 1.807) is 24.3 Å². The van der Waals surface area contributed by atoms with Gasteiger partial charge in [-0.3, -0.25) is 4.79 Å². The number of carbonyl (C=O) groups excluding carboxylic acids is 1. The van der Waals surface area contributed by atoms with Crippen LogP contribution in [-0.4, -0.2) is 15.9 Å². The molecule has 2 N–H and O–H groups in total. The molecule has 5 aromatic rings. The Hall–Kier alpha value is -3.71. The fourth-order valence-electron chi connectivity index (χ4n) is 3.19. The third-order valence-electron chi connectivity index (χ3n) is 4.65. The summed E-state index contributed by atoms with van der Waals surface area (Å²) in [6.45, 7) is 0. The highest BCUT2D eigenvalue weighted by atomic mass is 79.9. The van der Waals surface area contributed by atoms with Crippen LogP contribution in [0, 0.1) is 0 Å². The van der Waals surface area contributed by atoms with E-state index in [9.17, 15) is 4.79 Å². The zero-order chi connectivity index (χ0) is 20.5. The number of hydrogen-bond donors (Lipinski definition) is 2. The molecule has 6 nitrogen and oxygen atoms in total. The number of rotatable bonds is 3. The van der Waals surface area contributed by atoms with Gasteiger partial charge in [0.15, 0.2) is 0 Å². The van der Waals surface area contributed by atoms with Gasteiger partial charge < -0.3 is 9.40 Å². The van der Waals surface area contributed by atoms with Gasteiger partial charge in [0.05, 0.1) is 16.6 Å². The van der Waals surface area contributed by atoms with Crippen molar-refractivity contribution >= 4 is 43.8 Å². The fourth-order valence-corrected chi connectivity index (χ4v) is 3.57. The zero-order valence-electron chi connectivity index (χ0n) is 15.6. The predicted octanol–water partition coefficient (Wildman–Crippen LogP) is 4.98. The second-order valence-corrected chi connectivity index (χ2v) is 7.58. The van der Waals surface area contributed by atoms with Crippen molar-refractivity contribution in [3.63, 3.8) is 0 Å². The highest BCUT2D eigenvalue weighted by molar-refractivity contribution is 9.10. The molecule has 0 saturated carbocycles. The first-order valence-electron chi connectivity index (χ1n) is 9.25. The second-order valence-electron chi connectivity index (χ2n) is 6.67. The van der Waals surface area contributed by atoms with Crippen molar-refractivity contribution in [3.05, 3.63) is 94.5 Å². The summed E-state index contributed by atoms with van der Waals surface area (Å²) < 4.78 is 6.96. The van der Waals surface area contributed by atoms with Crippen molar-refractivity contribution in [2.45, 2.75) is 0 Å². The quantitative estimate of drug-likeness (QED) is 0.373. The van der Waals surface area contributed by atoms with E-state index < -0.39 is 0 Å². The number of nitrogens with one attached hydrogen (secondary N) is 2. The average Bonchev–Trinajstić information content (AvgIpc) is 3.21. The smallest absolute Gasteiger partial charge is 0.271 e. The predicted molar refractivity (Wildman–Crippen MR) is 118 cm³/mol. The van der Waals surface area contributed by atoms with Gasteiger partial charge in [-0.25, -0.2) is 10.4 Å². The lowest BCUT2D eigenvalue weighted by Gasteiger charge is -2.04. The van der Waals surface area contributed by atoms with Crippen LogP contribution in [-0.2, 0) is 0 Å². The first-order valence-corrected chi connectivity index (χ1v) is 10.0. The molecule has 0 aliphatic heterocycles. The highest BCUT2D eigenvalue weighted by Crippen LogP contribution is 2.24. The number of amides is 1. The molecule has 1 amide bonds. The lowest BCUT2D eigenvalue weighted by atomic mass is 10.2. The average molecular weight is 459 g/mol. The molecule has 30 heavy (non-hydrogen) atoms. The molecule has 0 atom stereocenters. The van der Waals surface area contributed by atoms with Crippen LogP contribution in [0.3, 0.4) is 0 Å². The van der Waals surface area contributed by atoms with E-state index in [0.717, 1.165) is 20.9 Å². The van der Waals surface area contributed by atoms with Crippen molar-refractivity contribution in [2.24, 2.45) is 5.10 Å². The maximum atomic E-state index is 12.4. The van der Waals surface area contributed by atoms with Crippen molar-refractivity contribution in [1.29, 1.82) is 0 Å². The van der Waals surface area contributed by atoms with E-state index in [-0.39, 0.29) is 11.5 Å². The van der Waals surface area contributed by atoms with E-state index in [2.05, 4.69) is 36.4 Å². The minimum atomic E-state index is -0.322. The molecule has 0 fully saturated rings. The van der Waals surface area contributed by atoms with Crippen LogP contribution in [0.4, 0.5) is 0 Å². The van der Waals surface area contributed by atoms with E-state index in [1.807, 2.05) is 54.6 Å². The summed E-state index contributed by atoms with van der Waals surface area (Å²) in [5.41, 5.74) is 6.37. The van der Waals surface area contributed by atoms with Crippen LogP contribution < -0.4 is 11.0 Å². The van der Waals surface area contributed by atoms with E-state index in [4.69, 9.17) is 4.42 Å². The molecule has 0 aliphatic rings. The molecule has 0 saturated heterocycles. The van der Waals surface area contributed by atoms with Gasteiger partial charge in [0.1, 0.15) is 11.4 Å². The summed E-state index contributed by atoms with van der Waals surface area (Å²) in [7, 11) is 0. The standard InChI is InChI=1S/C23H15BrN4O2/c24-16-10-11-20-15(12-16)13-17(21-25-18-8-4-5-9-19(18)26-21)23(30-20)28-27-22(29)14-6-2-1-3-7-14/h1-13H,(H,25,26)(H,27,29)/b28-23-. The highest BCUT2D eigenvalue weighted by Gasteiger charge is 2.12. The molecular weight excluding hydrogens is 444 g/mol. The van der Waals surface area contributed by atoms with Crippen LogP contribution >= 0.6 is 15.9 Å². The van der Waals surface area contributed by atoms with Gasteiger partial charge in [0.25, 0.3) is 5.91 Å². The Kier molecular flexibility index (Phi) is 4.65. The number of fused-ring (bicyclic) bond motifs is 2. The number of carbonyl (C=O) groups is 1. The first kappa shape index (κ1) is 18.3. The number of halogens is 1. The summed E-state index contributed by atoms with van der Waals surface area (Å²) in [6.07, 6.45) is 0. The summed E-state index contributed by atoms with van der Waals surface area (Å²) in [5, 5.41) is 5.15. The van der Waals surface area contributed by atoms with Crippen LogP contribution in [0.15, 0.2) is 92.9 Å². The summed E-state index contributed by atoms with van der Waals surface area (Å²) in [5.74, 6) is 0.284. The monoisotopic (exact) mass is 458 g/mol. The molecule has 0 spiro atoms. The normalized spacial score (nSPS) is 11.8. The second kappa shape index (κ2) is 7.61. The zero-order valence-corrected chi connectivity index (χ0v) is 17.2. The Labute approximate surface area is 179 Å². The minimum Gasteiger partial charge on any atom is -0.436 e. The van der Waals surface area contributed by atoms with Crippen LogP contribution in [0.1, 0.15) is 10.4 Å². The summed E-state index contributed by atoms with van der Waals surface area (Å²) in [6, 6.07) is 24.3. The molecule has 0 aliphatic carbocycles. The molecule has 0 unspecified atom stereocenters. The third kappa shape index (κ3) is 3.51. The van der Waals surface area contributed by atoms with Crippen LogP contribution in [0.2, 0.25) is 0 Å². The molecule has 7 heteroatoms. The largest absolute Gasteiger partial charge is 0.436 e. The molecule has 146 valence electrons. The molecule has 3 aromatic carbocycles. The number of aromatic amines is 1. The fraction of sp³-hybridized carbons (Fsp3) is 0. The number of hydrogen-bond acceptors (Lipinski definition) is 4. The Balaban J connectivity index is 1.66. The van der Waals surface area contributed by atoms with Gasteiger partial charge >= 0.3 is 0 Å². The topological polar surface area (TPSA) is 83.3 Å². The Morgan fingerprint density at radius 2 is 1.80 bits per heavy atom. The third-order valence-corrected chi connectivity index (χ3v) is 5.14. The lowest BCUT2D eigenvalue weighted by molar-refractivity contribution is 0.0951. The van der Waals surface area contributed by atoms with Crippen molar-refractivity contribution in [3.8, 4) is 11.4 Å². The molecule has 2 aromatic heterocycles. The number of benzene rings is 3. The van der Waals surface area contributed by atoms with Gasteiger partial charge in [-0.15, -0.1) is 5.10 Å². The van der Waals surface area contributed by atoms with Gasteiger partial charge in [-0.1, -0.05) is 46.3 Å². The minimum absolute atomic E-state index is 0.258. The molecular formula is C23H15BrN4O2. The van der Waals surface area contributed by atoms with Gasteiger partial charge in [0.2, 0.25) is 5.55 Å². The van der Waals surface area contributed by atoms with Crippen molar-refractivity contribution in [1.82, 2.24) is 15.4 Å². The van der Waals surface area contributed by atoms with Gasteiger partial charge in [0, 0.05) is 15.4 Å². The molecule has 0 radical (unpaired) electrons. The number of imidazole rings is 1. The Morgan fingerprint density at radius 3 is 2.63 bits per heavy atom. The van der Waals surface area contributed by atoms with E-state index in [1.165, 1.54) is 0 Å². The maximum Gasteiger partial charge on any atom is 0.271 e. The molecule has 5 rings (SSSR count). The Bertz CT molecular complexity index is 1420. The SMILES string of the molecule is O=C(N/N=c1\oc2ccc(Br)cc2cc1-c1nc2ccccc2[nH]1)c1ccccc1. The number of H-pyrrole nitrogens is 1. The summed E-state index contributed by atoms with van der Waals surface area (Å²) >= 11 is 3.49.